The molecule has 1 N–H and O–H groups in total. The van der Waals surface area contributed by atoms with Crippen LogP contribution in [0.25, 0.3) is 32.5 Å². The maximum absolute atomic E-state index is 12.9. The highest BCUT2D eigenvalue weighted by Crippen LogP contribution is 2.36. The highest BCUT2D eigenvalue weighted by molar-refractivity contribution is 7.98. The third-order valence-electron chi connectivity index (χ3n) is 4.44. The number of aryl methyl sites for hydroxylation is 1. The number of nitrogens with zero attached hydrogens (tertiary/aromatic N) is 1. The topological polar surface area (TPSA) is 45.8 Å². The van der Waals surface area contributed by atoms with Crippen LogP contribution in [0.5, 0.6) is 0 Å². The van der Waals surface area contributed by atoms with E-state index in [1.165, 1.54) is 16.2 Å². The summed E-state index contributed by atoms with van der Waals surface area (Å²) in [5.41, 5.74) is 2.74. The van der Waals surface area contributed by atoms with Gasteiger partial charge in [-0.05, 0) is 42.5 Å². The van der Waals surface area contributed by atoms with Gasteiger partial charge in [0.05, 0.1) is 10.4 Å². The number of hydrogen-bond donors (Lipinski definition) is 1. The average molecular weight is 425 g/mol. The maximum atomic E-state index is 12.9. The minimum Gasteiger partial charge on any atom is -0.305 e. The fraction of sp³-hybridized carbons (Fsp3) is 0.0909. The van der Waals surface area contributed by atoms with E-state index < -0.39 is 0 Å². The predicted molar refractivity (Wildman–Crippen MR) is 122 cm³/mol. The molecule has 4 rings (SSSR count). The van der Waals surface area contributed by atoms with Gasteiger partial charge in [-0.3, -0.25) is 4.79 Å². The van der Waals surface area contributed by atoms with Crippen molar-refractivity contribution < 1.29 is 0 Å². The van der Waals surface area contributed by atoms with E-state index in [0.29, 0.717) is 21.1 Å². The smallest absolute Gasteiger partial charge is 0.260 e. The van der Waals surface area contributed by atoms with Crippen LogP contribution in [-0.2, 0) is 0 Å². The van der Waals surface area contributed by atoms with Crippen LogP contribution in [0, 0.1) is 6.92 Å². The van der Waals surface area contributed by atoms with Gasteiger partial charge in [0, 0.05) is 15.3 Å². The van der Waals surface area contributed by atoms with E-state index in [2.05, 4.69) is 9.97 Å². The predicted octanol–water partition coefficient (Wildman–Crippen LogP) is 6.42. The zero-order valence-electron chi connectivity index (χ0n) is 15.3. The van der Waals surface area contributed by atoms with Crippen LogP contribution in [-0.4, -0.2) is 16.2 Å². The third-order valence-corrected chi connectivity index (χ3v) is 6.47. The van der Waals surface area contributed by atoms with Crippen LogP contribution in [0.4, 0.5) is 0 Å². The number of thiophene rings is 1. The number of aromatic nitrogens is 2. The van der Waals surface area contributed by atoms with E-state index in [1.54, 1.807) is 11.8 Å². The van der Waals surface area contributed by atoms with E-state index >= 15 is 0 Å². The number of nitrogens with one attached hydrogen (secondary N) is 1. The Hall–Kier alpha value is -2.34. The fourth-order valence-corrected chi connectivity index (χ4v) is 4.77. The molecule has 2 aromatic heterocycles. The van der Waals surface area contributed by atoms with E-state index in [4.69, 9.17) is 11.6 Å². The van der Waals surface area contributed by atoms with Crippen LogP contribution < -0.4 is 5.56 Å². The maximum Gasteiger partial charge on any atom is 0.260 e. The molecule has 0 aliphatic rings. The van der Waals surface area contributed by atoms with Crippen LogP contribution in [0.1, 0.15) is 16.3 Å². The molecule has 28 heavy (non-hydrogen) atoms. The molecule has 0 radical (unpaired) electrons. The molecule has 0 fully saturated rings. The second kappa shape index (κ2) is 7.95. The Kier molecular flexibility index (Phi) is 5.40. The van der Waals surface area contributed by atoms with Gasteiger partial charge in [0.2, 0.25) is 0 Å². The van der Waals surface area contributed by atoms with Gasteiger partial charge < -0.3 is 4.98 Å². The van der Waals surface area contributed by atoms with Gasteiger partial charge in [-0.15, -0.1) is 23.1 Å². The molecule has 2 heterocycles. The molecule has 0 atom stereocenters. The number of H-pyrrole nitrogens is 1. The molecule has 2 aromatic carbocycles. The van der Waals surface area contributed by atoms with E-state index in [9.17, 15) is 4.79 Å². The lowest BCUT2D eigenvalue weighted by atomic mass is 10.0. The number of hydrogen-bond acceptors (Lipinski definition) is 4. The molecule has 3 nitrogen and oxygen atoms in total. The summed E-state index contributed by atoms with van der Waals surface area (Å²) >= 11 is 9.67. The van der Waals surface area contributed by atoms with Gasteiger partial charge in [0.25, 0.3) is 5.56 Å². The van der Waals surface area contributed by atoms with E-state index in [1.807, 2.05) is 73.9 Å². The lowest BCUT2D eigenvalue weighted by Crippen LogP contribution is -2.10. The van der Waals surface area contributed by atoms with Crippen molar-refractivity contribution in [3.63, 3.8) is 0 Å². The largest absolute Gasteiger partial charge is 0.305 e. The summed E-state index contributed by atoms with van der Waals surface area (Å²) in [5.74, 6) is 0.383. The van der Waals surface area contributed by atoms with Crippen LogP contribution in [0.2, 0.25) is 0 Å². The molecular formula is C22H17ClN2OS2. The Labute approximate surface area is 176 Å². The van der Waals surface area contributed by atoms with Gasteiger partial charge in [0.15, 0.2) is 5.82 Å². The average Bonchev–Trinajstić information content (AvgIpc) is 3.05. The van der Waals surface area contributed by atoms with Crippen molar-refractivity contribution in [2.24, 2.45) is 0 Å². The summed E-state index contributed by atoms with van der Waals surface area (Å²) in [4.78, 5) is 23.3. The standard InChI is InChI=1S/C22H17ClN2OS2/c1-13-18(15-6-4-3-5-7-15)19-21(26)24-20(25-22(19)28-13)17(23)12-14-8-10-16(27-2)11-9-14/h3-12H,1-2H3,(H,24,25,26)/b17-12-. The molecule has 0 bridgehead atoms. The minimum atomic E-state index is -0.174. The first kappa shape index (κ1) is 19.0. The first-order valence-corrected chi connectivity index (χ1v) is 11.1. The first-order chi connectivity index (χ1) is 13.6. The Morgan fingerprint density at radius 1 is 1.14 bits per heavy atom. The lowest BCUT2D eigenvalue weighted by molar-refractivity contribution is 1.14. The van der Waals surface area contributed by atoms with Crippen molar-refractivity contribution in [1.29, 1.82) is 0 Å². The number of thioether (sulfide) groups is 1. The van der Waals surface area contributed by atoms with Crippen molar-refractivity contribution in [1.82, 2.24) is 9.97 Å². The number of fused-ring (bicyclic) bond motifs is 1. The Morgan fingerprint density at radius 3 is 2.54 bits per heavy atom. The number of aromatic amines is 1. The second-order valence-electron chi connectivity index (χ2n) is 6.26. The molecule has 0 amide bonds. The summed E-state index contributed by atoms with van der Waals surface area (Å²) in [6.45, 7) is 2.01. The van der Waals surface area contributed by atoms with Gasteiger partial charge in [-0.2, -0.15) is 0 Å². The van der Waals surface area contributed by atoms with Gasteiger partial charge in [-0.1, -0.05) is 54.1 Å². The third kappa shape index (κ3) is 3.65. The number of benzene rings is 2. The quantitative estimate of drug-likeness (QED) is 0.384. The number of rotatable bonds is 4. The van der Waals surface area contributed by atoms with E-state index in [0.717, 1.165) is 21.6 Å². The molecule has 4 aromatic rings. The Balaban J connectivity index is 1.79. The van der Waals surface area contributed by atoms with Crippen molar-refractivity contribution >= 4 is 56.0 Å². The second-order valence-corrected chi connectivity index (χ2v) is 8.75. The SMILES string of the molecule is CSc1ccc(/C=C(\Cl)c2nc3sc(C)c(-c4ccccc4)c3c(=O)[nH]2)cc1. The van der Waals surface area contributed by atoms with Crippen LogP contribution in [0.15, 0.2) is 64.3 Å². The van der Waals surface area contributed by atoms with Crippen LogP contribution in [0.3, 0.4) is 0 Å². The Morgan fingerprint density at radius 2 is 1.86 bits per heavy atom. The Bertz CT molecular complexity index is 1230. The minimum absolute atomic E-state index is 0.174. The van der Waals surface area contributed by atoms with E-state index in [-0.39, 0.29) is 5.56 Å². The van der Waals surface area contributed by atoms with Gasteiger partial charge in [-0.25, -0.2) is 4.98 Å². The zero-order chi connectivity index (χ0) is 19.7. The van der Waals surface area contributed by atoms with Crippen molar-refractivity contribution in [3.8, 4) is 11.1 Å². The first-order valence-electron chi connectivity index (χ1n) is 8.67. The number of halogens is 1. The molecular weight excluding hydrogens is 408 g/mol. The van der Waals surface area contributed by atoms with Crippen molar-refractivity contribution in [2.75, 3.05) is 6.26 Å². The fourth-order valence-electron chi connectivity index (χ4n) is 3.10. The molecule has 0 aliphatic heterocycles. The highest BCUT2D eigenvalue weighted by Gasteiger charge is 2.17. The molecule has 6 heteroatoms. The summed E-state index contributed by atoms with van der Waals surface area (Å²) < 4.78 is 0. The normalized spacial score (nSPS) is 11.9. The van der Waals surface area contributed by atoms with Crippen molar-refractivity contribution in [3.05, 3.63) is 81.2 Å². The summed E-state index contributed by atoms with van der Waals surface area (Å²) in [5, 5.41) is 1.02. The molecule has 0 saturated carbocycles. The van der Waals surface area contributed by atoms with Gasteiger partial charge in [0.1, 0.15) is 4.83 Å². The van der Waals surface area contributed by atoms with Gasteiger partial charge >= 0.3 is 0 Å². The highest BCUT2D eigenvalue weighted by atomic mass is 35.5. The molecule has 0 spiro atoms. The summed E-state index contributed by atoms with van der Waals surface area (Å²) in [6.07, 6.45) is 3.85. The summed E-state index contributed by atoms with van der Waals surface area (Å²) in [7, 11) is 0. The summed E-state index contributed by atoms with van der Waals surface area (Å²) in [6, 6.07) is 18.0. The van der Waals surface area contributed by atoms with Crippen molar-refractivity contribution in [2.45, 2.75) is 11.8 Å². The monoisotopic (exact) mass is 424 g/mol. The molecule has 140 valence electrons. The lowest BCUT2D eigenvalue weighted by Gasteiger charge is -2.03. The zero-order valence-corrected chi connectivity index (χ0v) is 17.7. The molecule has 0 unspecified atom stereocenters. The molecule has 0 saturated heterocycles. The molecule has 0 aliphatic carbocycles. The van der Waals surface area contributed by atoms with Crippen LogP contribution >= 0.6 is 34.7 Å².